The van der Waals surface area contributed by atoms with Crippen LogP contribution in [0.25, 0.3) is 6.08 Å². The number of hydrogen-bond acceptors (Lipinski definition) is 2. The maximum Gasteiger partial charge on any atom is 0.0468 e. The third-order valence-electron chi connectivity index (χ3n) is 2.42. The molecule has 3 heteroatoms. The highest BCUT2D eigenvalue weighted by atomic mass is 35.5. The Morgan fingerprint density at radius 2 is 2.00 bits per heavy atom. The number of halogens is 1. The molecule has 0 amide bonds. The molecule has 1 rings (SSSR count). The fourth-order valence-corrected chi connectivity index (χ4v) is 1.47. The zero-order valence-electron chi connectivity index (χ0n) is 10.5. The summed E-state index contributed by atoms with van der Waals surface area (Å²) in [5.41, 5.74) is 2.54. The summed E-state index contributed by atoms with van der Waals surface area (Å²) in [5, 5.41) is 12.2. The van der Waals surface area contributed by atoms with Crippen LogP contribution in [0.4, 0.5) is 0 Å². The number of benzene rings is 1. The quantitative estimate of drug-likeness (QED) is 0.819. The summed E-state index contributed by atoms with van der Waals surface area (Å²) in [6, 6.07) is 10.3. The number of hydrogen-bond donors (Lipinski definition) is 2. The summed E-state index contributed by atoms with van der Waals surface area (Å²) in [6.07, 6.45) is 2.18. The molecule has 1 unspecified atom stereocenters. The molecule has 0 saturated carbocycles. The maximum absolute atomic E-state index is 8.88. The Kier molecular flexibility index (Phi) is 8.78. The molecular weight excluding hydrogens is 234 g/mol. The van der Waals surface area contributed by atoms with Gasteiger partial charge in [0.2, 0.25) is 0 Å². The molecule has 0 heterocycles. The number of nitrogens with one attached hydrogen (secondary N) is 1. The predicted molar refractivity (Wildman–Crippen MR) is 76.5 cm³/mol. The molecule has 0 spiro atoms. The van der Waals surface area contributed by atoms with Crippen molar-refractivity contribution in [2.75, 3.05) is 19.7 Å². The summed E-state index contributed by atoms with van der Waals surface area (Å²) >= 11 is 0. The van der Waals surface area contributed by atoms with Crippen LogP contribution in [0.5, 0.6) is 0 Å². The van der Waals surface area contributed by atoms with E-state index in [0.29, 0.717) is 5.92 Å². The van der Waals surface area contributed by atoms with Gasteiger partial charge in [-0.2, -0.15) is 0 Å². The molecule has 2 N–H and O–H groups in total. The molecule has 2 nitrogen and oxygen atoms in total. The molecule has 96 valence electrons. The van der Waals surface area contributed by atoms with Crippen LogP contribution >= 0.6 is 12.4 Å². The van der Waals surface area contributed by atoms with Crippen LogP contribution in [-0.4, -0.2) is 24.8 Å². The van der Waals surface area contributed by atoms with Gasteiger partial charge in [0, 0.05) is 19.7 Å². The normalized spacial score (nSPS) is 13.0. The van der Waals surface area contributed by atoms with Gasteiger partial charge in [-0.1, -0.05) is 48.9 Å². The van der Waals surface area contributed by atoms with Gasteiger partial charge < -0.3 is 10.4 Å². The van der Waals surface area contributed by atoms with Crippen molar-refractivity contribution in [3.05, 3.63) is 41.5 Å². The van der Waals surface area contributed by atoms with E-state index in [-0.39, 0.29) is 19.0 Å². The van der Waals surface area contributed by atoms with E-state index in [1.54, 1.807) is 0 Å². The Morgan fingerprint density at radius 1 is 1.35 bits per heavy atom. The highest BCUT2D eigenvalue weighted by Crippen LogP contribution is 2.05. The first kappa shape index (κ1) is 16.2. The van der Waals surface area contributed by atoms with Gasteiger partial charge in [-0.25, -0.2) is 0 Å². The van der Waals surface area contributed by atoms with Crippen molar-refractivity contribution in [2.45, 2.75) is 13.8 Å². The molecule has 0 saturated heterocycles. The van der Waals surface area contributed by atoms with E-state index >= 15 is 0 Å². The van der Waals surface area contributed by atoms with E-state index in [4.69, 9.17) is 5.11 Å². The van der Waals surface area contributed by atoms with Gasteiger partial charge in [0.1, 0.15) is 0 Å². The highest BCUT2D eigenvalue weighted by molar-refractivity contribution is 5.85. The molecule has 0 radical (unpaired) electrons. The Labute approximate surface area is 110 Å². The van der Waals surface area contributed by atoms with Crippen molar-refractivity contribution in [1.82, 2.24) is 5.32 Å². The predicted octanol–water partition coefficient (Wildman–Crippen LogP) is 2.73. The summed E-state index contributed by atoms with van der Waals surface area (Å²) < 4.78 is 0. The second-order valence-corrected chi connectivity index (χ2v) is 4.32. The van der Waals surface area contributed by atoms with E-state index < -0.39 is 0 Å². The van der Waals surface area contributed by atoms with Crippen molar-refractivity contribution < 1.29 is 5.11 Å². The molecule has 0 aliphatic carbocycles. The molecule has 0 aliphatic heterocycles. The number of rotatable bonds is 6. The van der Waals surface area contributed by atoms with Crippen molar-refractivity contribution in [3.63, 3.8) is 0 Å². The summed E-state index contributed by atoms with van der Waals surface area (Å²) in [7, 11) is 0. The molecular formula is C14H22ClNO. The molecule has 0 fully saturated rings. The first-order valence-corrected chi connectivity index (χ1v) is 5.76. The lowest BCUT2D eigenvalue weighted by molar-refractivity contribution is 0.235. The fraction of sp³-hybridized carbons (Fsp3) is 0.429. The molecule has 0 aliphatic rings. The van der Waals surface area contributed by atoms with E-state index in [1.807, 2.05) is 25.1 Å². The van der Waals surface area contributed by atoms with Gasteiger partial charge in [-0.3, -0.25) is 0 Å². The lowest BCUT2D eigenvalue weighted by atomic mass is 10.1. The average molecular weight is 256 g/mol. The molecule has 0 aromatic heterocycles. The minimum Gasteiger partial charge on any atom is -0.396 e. The van der Waals surface area contributed by atoms with Crippen molar-refractivity contribution in [3.8, 4) is 0 Å². The Hall–Kier alpha value is -0.830. The van der Waals surface area contributed by atoms with Crippen LogP contribution in [0.3, 0.4) is 0 Å². The smallest absolute Gasteiger partial charge is 0.0468 e. The Bertz CT molecular complexity index is 324. The van der Waals surface area contributed by atoms with Gasteiger partial charge in [-0.15, -0.1) is 12.4 Å². The van der Waals surface area contributed by atoms with Crippen molar-refractivity contribution >= 4 is 18.5 Å². The lowest BCUT2D eigenvalue weighted by Gasteiger charge is -2.09. The molecule has 0 bridgehead atoms. The van der Waals surface area contributed by atoms with Crippen LogP contribution in [-0.2, 0) is 0 Å². The minimum atomic E-state index is 0. The maximum atomic E-state index is 8.88. The molecule has 17 heavy (non-hydrogen) atoms. The zero-order valence-corrected chi connectivity index (χ0v) is 11.3. The fourth-order valence-electron chi connectivity index (χ4n) is 1.47. The van der Waals surface area contributed by atoms with E-state index in [0.717, 1.165) is 13.1 Å². The van der Waals surface area contributed by atoms with E-state index in [1.165, 1.54) is 11.1 Å². The molecule has 1 aromatic rings. The standard InChI is InChI=1S/C14H21NO.ClH/c1-12(9-15-10-13(2)11-16)8-14-6-4-3-5-7-14;/h3-8,13,15-16H,9-11H2,1-2H3;1H/b12-8+;. The highest BCUT2D eigenvalue weighted by Gasteiger charge is 1.98. The zero-order chi connectivity index (χ0) is 11.8. The van der Waals surface area contributed by atoms with E-state index in [9.17, 15) is 0 Å². The third-order valence-corrected chi connectivity index (χ3v) is 2.42. The molecule has 1 atom stereocenters. The van der Waals surface area contributed by atoms with Gasteiger partial charge in [0.05, 0.1) is 0 Å². The van der Waals surface area contributed by atoms with E-state index in [2.05, 4.69) is 30.4 Å². The van der Waals surface area contributed by atoms with Crippen LogP contribution in [0.15, 0.2) is 35.9 Å². The van der Waals surface area contributed by atoms with Crippen LogP contribution < -0.4 is 5.32 Å². The van der Waals surface area contributed by atoms with Gasteiger partial charge >= 0.3 is 0 Å². The lowest BCUT2D eigenvalue weighted by Crippen LogP contribution is -2.24. The summed E-state index contributed by atoms with van der Waals surface area (Å²) in [4.78, 5) is 0. The van der Waals surface area contributed by atoms with Crippen LogP contribution in [0.2, 0.25) is 0 Å². The van der Waals surface area contributed by atoms with Crippen LogP contribution in [0, 0.1) is 5.92 Å². The number of aliphatic hydroxyl groups is 1. The first-order valence-electron chi connectivity index (χ1n) is 5.76. The second kappa shape index (κ2) is 9.23. The third kappa shape index (κ3) is 7.16. The Morgan fingerprint density at radius 3 is 2.59 bits per heavy atom. The van der Waals surface area contributed by atoms with Crippen molar-refractivity contribution in [2.24, 2.45) is 5.92 Å². The first-order chi connectivity index (χ1) is 7.72. The summed E-state index contributed by atoms with van der Waals surface area (Å²) in [6.45, 7) is 6.12. The summed E-state index contributed by atoms with van der Waals surface area (Å²) in [5.74, 6) is 0.324. The van der Waals surface area contributed by atoms with Gasteiger partial charge in [0.25, 0.3) is 0 Å². The second-order valence-electron chi connectivity index (χ2n) is 4.32. The Balaban J connectivity index is 0.00000256. The van der Waals surface area contributed by atoms with Gasteiger partial charge in [-0.05, 0) is 18.4 Å². The number of aliphatic hydroxyl groups excluding tert-OH is 1. The average Bonchev–Trinajstić information content (AvgIpc) is 2.30. The molecule has 1 aromatic carbocycles. The van der Waals surface area contributed by atoms with Gasteiger partial charge in [0.15, 0.2) is 0 Å². The minimum absolute atomic E-state index is 0. The van der Waals surface area contributed by atoms with Crippen molar-refractivity contribution in [1.29, 1.82) is 0 Å². The SMILES string of the molecule is C/C(=C\c1ccccc1)CNCC(C)CO.Cl. The monoisotopic (exact) mass is 255 g/mol. The topological polar surface area (TPSA) is 32.3 Å². The van der Waals surface area contributed by atoms with Crippen LogP contribution in [0.1, 0.15) is 19.4 Å². The largest absolute Gasteiger partial charge is 0.396 e.